The van der Waals surface area contributed by atoms with Crippen LogP contribution in [0.4, 0.5) is 5.69 Å². The average molecular weight is 321 g/mol. The fourth-order valence-electron chi connectivity index (χ4n) is 1.79. The molecule has 0 aliphatic carbocycles. The Bertz CT molecular complexity index is 603. The number of halogens is 4. The fourth-order valence-corrected chi connectivity index (χ4v) is 2.92. The molecule has 2 aromatic carbocycles. The molecule has 0 aliphatic heterocycles. The molecule has 2 rings (SSSR count). The van der Waals surface area contributed by atoms with Gasteiger partial charge in [-0.25, -0.2) is 0 Å². The molecule has 0 saturated carbocycles. The molecular formula is C13H9Cl4N. The molecule has 0 heterocycles. The number of nitrogens with two attached hydrogens (primary N) is 1. The molecule has 1 nitrogen and oxygen atoms in total. The van der Waals surface area contributed by atoms with Crippen LogP contribution in [0.25, 0.3) is 11.1 Å². The molecule has 0 amide bonds. The third kappa shape index (κ3) is 2.55. The Labute approximate surface area is 125 Å². The summed E-state index contributed by atoms with van der Waals surface area (Å²) >= 11 is 24.3. The highest BCUT2D eigenvalue weighted by atomic mass is 35.5. The Morgan fingerprint density at radius 1 is 0.833 bits per heavy atom. The standard InChI is InChI=1S/C13H9Cl4N/c1-6-2-7(4-8(18)3-6)11-9(14)5-10(15)12(16)13(11)17/h2-5H,18H2,1H3. The van der Waals surface area contributed by atoms with Gasteiger partial charge in [-0.15, -0.1) is 0 Å². The third-order valence-corrected chi connectivity index (χ3v) is 4.06. The van der Waals surface area contributed by atoms with Crippen molar-refractivity contribution < 1.29 is 0 Å². The van der Waals surface area contributed by atoms with Crippen LogP contribution in [0, 0.1) is 6.92 Å². The van der Waals surface area contributed by atoms with Crippen molar-refractivity contribution in [1.29, 1.82) is 0 Å². The number of anilines is 1. The zero-order valence-corrected chi connectivity index (χ0v) is 12.4. The molecule has 0 saturated heterocycles. The molecule has 0 aliphatic rings. The first-order valence-electron chi connectivity index (χ1n) is 5.10. The van der Waals surface area contributed by atoms with Gasteiger partial charge in [0, 0.05) is 11.3 Å². The molecule has 2 N–H and O–H groups in total. The molecule has 0 aromatic heterocycles. The highest BCUT2D eigenvalue weighted by molar-refractivity contribution is 6.51. The van der Waals surface area contributed by atoms with Crippen LogP contribution in [0.5, 0.6) is 0 Å². The monoisotopic (exact) mass is 319 g/mol. The van der Waals surface area contributed by atoms with Crippen LogP contribution >= 0.6 is 46.4 Å². The first-order valence-corrected chi connectivity index (χ1v) is 6.62. The summed E-state index contributed by atoms with van der Waals surface area (Å²) in [4.78, 5) is 0. The molecule has 0 spiro atoms. The number of nitrogen functional groups attached to an aromatic ring is 1. The summed E-state index contributed by atoms with van der Waals surface area (Å²) in [5.74, 6) is 0. The Morgan fingerprint density at radius 2 is 1.50 bits per heavy atom. The van der Waals surface area contributed by atoms with E-state index >= 15 is 0 Å². The lowest BCUT2D eigenvalue weighted by Crippen LogP contribution is -1.90. The second kappa shape index (κ2) is 5.18. The largest absolute Gasteiger partial charge is 0.399 e. The van der Waals surface area contributed by atoms with Gasteiger partial charge in [-0.05, 0) is 36.2 Å². The topological polar surface area (TPSA) is 26.0 Å². The van der Waals surface area contributed by atoms with E-state index in [-0.39, 0.29) is 5.02 Å². The van der Waals surface area contributed by atoms with Crippen molar-refractivity contribution in [2.45, 2.75) is 6.92 Å². The van der Waals surface area contributed by atoms with Crippen molar-refractivity contribution in [2.75, 3.05) is 5.73 Å². The van der Waals surface area contributed by atoms with E-state index in [1.165, 1.54) is 0 Å². The van der Waals surface area contributed by atoms with Crippen LogP contribution in [-0.4, -0.2) is 0 Å². The van der Waals surface area contributed by atoms with E-state index in [2.05, 4.69) is 0 Å². The van der Waals surface area contributed by atoms with Crippen molar-refractivity contribution in [3.8, 4) is 11.1 Å². The highest BCUT2D eigenvalue weighted by Crippen LogP contribution is 2.43. The quantitative estimate of drug-likeness (QED) is 0.397. The molecule has 18 heavy (non-hydrogen) atoms. The van der Waals surface area contributed by atoms with Gasteiger partial charge in [0.2, 0.25) is 0 Å². The number of hydrogen-bond donors (Lipinski definition) is 1. The number of rotatable bonds is 1. The van der Waals surface area contributed by atoms with Gasteiger partial charge in [0.1, 0.15) is 0 Å². The van der Waals surface area contributed by atoms with Crippen LogP contribution in [0.2, 0.25) is 20.1 Å². The highest BCUT2D eigenvalue weighted by Gasteiger charge is 2.15. The molecule has 0 unspecified atom stereocenters. The predicted octanol–water partition coefficient (Wildman–Crippen LogP) is 5.86. The lowest BCUT2D eigenvalue weighted by molar-refractivity contribution is 1.47. The van der Waals surface area contributed by atoms with Gasteiger partial charge in [0.25, 0.3) is 0 Å². The molecule has 2 aromatic rings. The van der Waals surface area contributed by atoms with Crippen LogP contribution in [0.1, 0.15) is 5.56 Å². The van der Waals surface area contributed by atoms with Crippen LogP contribution in [0.15, 0.2) is 24.3 Å². The van der Waals surface area contributed by atoms with Gasteiger partial charge >= 0.3 is 0 Å². The van der Waals surface area contributed by atoms with E-state index in [0.717, 1.165) is 11.1 Å². The van der Waals surface area contributed by atoms with Crippen molar-refractivity contribution in [2.24, 2.45) is 0 Å². The van der Waals surface area contributed by atoms with Gasteiger partial charge in [0.15, 0.2) is 0 Å². The maximum atomic E-state index is 6.20. The lowest BCUT2D eigenvalue weighted by atomic mass is 10.0. The number of benzene rings is 2. The lowest BCUT2D eigenvalue weighted by Gasteiger charge is -2.11. The molecule has 0 atom stereocenters. The normalized spacial score (nSPS) is 10.7. The maximum absolute atomic E-state index is 6.20. The zero-order valence-electron chi connectivity index (χ0n) is 9.40. The van der Waals surface area contributed by atoms with Gasteiger partial charge < -0.3 is 5.73 Å². The van der Waals surface area contributed by atoms with E-state index < -0.39 is 0 Å². The summed E-state index contributed by atoms with van der Waals surface area (Å²) < 4.78 is 0. The summed E-state index contributed by atoms with van der Waals surface area (Å²) in [5.41, 5.74) is 8.94. The minimum atomic E-state index is 0.290. The smallest absolute Gasteiger partial charge is 0.0785 e. The summed E-state index contributed by atoms with van der Waals surface area (Å²) in [5, 5.41) is 1.40. The summed E-state index contributed by atoms with van der Waals surface area (Å²) in [6.07, 6.45) is 0. The SMILES string of the molecule is Cc1cc(N)cc(-c2c(Cl)cc(Cl)c(Cl)c2Cl)c1. The van der Waals surface area contributed by atoms with Crippen molar-refractivity contribution in [3.05, 3.63) is 49.9 Å². The van der Waals surface area contributed by atoms with Crippen LogP contribution < -0.4 is 5.73 Å². The van der Waals surface area contributed by atoms with Crippen LogP contribution in [-0.2, 0) is 0 Å². The van der Waals surface area contributed by atoms with E-state index in [9.17, 15) is 0 Å². The first-order chi connectivity index (χ1) is 8.40. The Kier molecular flexibility index (Phi) is 3.98. The summed E-state index contributed by atoms with van der Waals surface area (Å²) in [6, 6.07) is 7.17. The molecule has 94 valence electrons. The predicted molar refractivity (Wildman–Crippen MR) is 81.1 cm³/mol. The first kappa shape index (κ1) is 13.8. The second-order valence-corrected chi connectivity index (χ2v) is 5.55. The van der Waals surface area contributed by atoms with Gasteiger partial charge in [-0.2, -0.15) is 0 Å². The van der Waals surface area contributed by atoms with Crippen molar-refractivity contribution in [1.82, 2.24) is 0 Å². The molecular weight excluding hydrogens is 312 g/mol. The molecule has 0 bridgehead atoms. The summed E-state index contributed by atoms with van der Waals surface area (Å²) in [6.45, 7) is 1.94. The third-order valence-electron chi connectivity index (χ3n) is 2.50. The van der Waals surface area contributed by atoms with Gasteiger partial charge in [-0.1, -0.05) is 52.5 Å². The molecule has 5 heteroatoms. The minimum absolute atomic E-state index is 0.290. The van der Waals surface area contributed by atoms with Gasteiger partial charge in [0.05, 0.1) is 20.1 Å². The average Bonchev–Trinajstić information content (AvgIpc) is 2.24. The van der Waals surface area contributed by atoms with E-state index in [4.69, 9.17) is 52.1 Å². The Balaban J connectivity index is 2.75. The zero-order chi connectivity index (χ0) is 13.4. The Morgan fingerprint density at radius 3 is 2.11 bits per heavy atom. The minimum Gasteiger partial charge on any atom is -0.399 e. The molecule has 0 radical (unpaired) electrons. The maximum Gasteiger partial charge on any atom is 0.0785 e. The number of aryl methyl sites for hydroxylation is 1. The second-order valence-electron chi connectivity index (χ2n) is 3.98. The van der Waals surface area contributed by atoms with Gasteiger partial charge in [-0.3, -0.25) is 0 Å². The van der Waals surface area contributed by atoms with E-state index in [1.807, 2.05) is 19.1 Å². The van der Waals surface area contributed by atoms with Crippen molar-refractivity contribution in [3.63, 3.8) is 0 Å². The van der Waals surface area contributed by atoms with E-state index in [1.54, 1.807) is 12.1 Å². The summed E-state index contributed by atoms with van der Waals surface area (Å²) in [7, 11) is 0. The van der Waals surface area contributed by atoms with Crippen molar-refractivity contribution >= 4 is 52.1 Å². The van der Waals surface area contributed by atoms with Crippen LogP contribution in [0.3, 0.4) is 0 Å². The fraction of sp³-hybridized carbons (Fsp3) is 0.0769. The van der Waals surface area contributed by atoms with E-state index in [0.29, 0.717) is 26.3 Å². The number of hydrogen-bond acceptors (Lipinski definition) is 1. The molecule has 0 fully saturated rings. The Hall–Kier alpha value is -0.600.